The van der Waals surface area contributed by atoms with Gasteiger partial charge in [0.05, 0.1) is 11.3 Å². The predicted octanol–water partition coefficient (Wildman–Crippen LogP) is 2.64. The van der Waals surface area contributed by atoms with Crippen molar-refractivity contribution in [2.45, 2.75) is 6.61 Å². The number of nitrogens with zero attached hydrogens (tertiary/aromatic N) is 1. The summed E-state index contributed by atoms with van der Waals surface area (Å²) in [6.07, 6.45) is 1.43. The van der Waals surface area contributed by atoms with Gasteiger partial charge in [-0.1, -0.05) is 0 Å². The molecule has 0 aliphatic rings. The van der Waals surface area contributed by atoms with Crippen molar-refractivity contribution in [1.29, 1.82) is 0 Å². The molecule has 0 aliphatic carbocycles. The summed E-state index contributed by atoms with van der Waals surface area (Å²) >= 11 is 0. The van der Waals surface area contributed by atoms with Crippen LogP contribution in [0, 0.1) is 11.6 Å². The molecular formula is C13H9F2NO3. The predicted molar refractivity (Wildman–Crippen MR) is 61.9 cm³/mol. The Bertz CT molecular complexity index is 617. The molecule has 0 fully saturated rings. The monoisotopic (exact) mass is 265 g/mol. The number of aromatic nitrogens is 1. The van der Waals surface area contributed by atoms with E-state index in [0.29, 0.717) is 0 Å². The molecule has 0 radical (unpaired) electrons. The average Bonchev–Trinajstić information content (AvgIpc) is 2.40. The summed E-state index contributed by atoms with van der Waals surface area (Å²) in [6, 6.07) is 5.95. The first kappa shape index (κ1) is 12.9. The van der Waals surface area contributed by atoms with Crippen LogP contribution >= 0.6 is 0 Å². The fourth-order valence-electron chi connectivity index (χ4n) is 1.47. The van der Waals surface area contributed by atoms with Crippen LogP contribution in [0.2, 0.25) is 0 Å². The van der Waals surface area contributed by atoms with Crippen LogP contribution in [0.3, 0.4) is 0 Å². The van der Waals surface area contributed by atoms with Crippen molar-refractivity contribution in [3.05, 3.63) is 59.4 Å². The molecule has 2 aromatic rings. The van der Waals surface area contributed by atoms with E-state index in [-0.39, 0.29) is 23.6 Å². The maximum Gasteiger partial charge on any atom is 0.337 e. The van der Waals surface area contributed by atoms with E-state index in [9.17, 15) is 13.6 Å². The van der Waals surface area contributed by atoms with Crippen molar-refractivity contribution in [3.8, 4) is 5.75 Å². The molecule has 0 atom stereocenters. The van der Waals surface area contributed by atoms with Gasteiger partial charge in [-0.3, -0.25) is 4.98 Å². The first-order chi connectivity index (χ1) is 9.08. The van der Waals surface area contributed by atoms with Crippen molar-refractivity contribution in [1.82, 2.24) is 4.98 Å². The summed E-state index contributed by atoms with van der Waals surface area (Å²) < 4.78 is 30.8. The van der Waals surface area contributed by atoms with E-state index < -0.39 is 17.6 Å². The minimum atomic E-state index is -1.13. The van der Waals surface area contributed by atoms with E-state index in [1.807, 2.05) is 0 Å². The summed E-state index contributed by atoms with van der Waals surface area (Å²) in [5.74, 6) is -3.04. The lowest BCUT2D eigenvalue weighted by Gasteiger charge is -2.08. The lowest BCUT2D eigenvalue weighted by Crippen LogP contribution is -2.07. The van der Waals surface area contributed by atoms with Crippen LogP contribution in [0.15, 0.2) is 36.5 Å². The molecular weight excluding hydrogens is 256 g/mol. The maximum atomic E-state index is 12.9. The van der Waals surface area contributed by atoms with Crippen LogP contribution in [0.5, 0.6) is 5.75 Å². The Labute approximate surface area is 107 Å². The molecule has 19 heavy (non-hydrogen) atoms. The summed E-state index contributed by atoms with van der Waals surface area (Å²) in [4.78, 5) is 14.8. The standard InChI is InChI=1S/C13H9F2NO3/c14-10-4-3-8(6-11(10)15)19-7-12-9(13(17)18)2-1-5-16-12/h1-6H,7H2,(H,17,18). The molecule has 6 heteroatoms. The van der Waals surface area contributed by atoms with Gasteiger partial charge in [0.25, 0.3) is 0 Å². The maximum absolute atomic E-state index is 12.9. The van der Waals surface area contributed by atoms with Crippen molar-refractivity contribution in [2.75, 3.05) is 0 Å². The first-order valence-corrected chi connectivity index (χ1v) is 5.33. The molecule has 0 bridgehead atoms. The molecule has 2 rings (SSSR count). The smallest absolute Gasteiger partial charge is 0.337 e. The second-order valence-corrected chi connectivity index (χ2v) is 3.67. The number of carbonyl (C=O) groups is 1. The van der Waals surface area contributed by atoms with Gasteiger partial charge in [0.2, 0.25) is 0 Å². The topological polar surface area (TPSA) is 59.4 Å². The van der Waals surface area contributed by atoms with E-state index in [1.54, 1.807) is 0 Å². The number of carboxylic acid groups (broad SMARTS) is 1. The Morgan fingerprint density at radius 3 is 2.74 bits per heavy atom. The number of hydrogen-bond donors (Lipinski definition) is 1. The quantitative estimate of drug-likeness (QED) is 0.923. The largest absolute Gasteiger partial charge is 0.487 e. The number of rotatable bonds is 4. The Kier molecular flexibility index (Phi) is 3.70. The van der Waals surface area contributed by atoms with Gasteiger partial charge >= 0.3 is 5.97 Å². The van der Waals surface area contributed by atoms with Crippen molar-refractivity contribution in [2.24, 2.45) is 0 Å². The van der Waals surface area contributed by atoms with Crippen molar-refractivity contribution >= 4 is 5.97 Å². The van der Waals surface area contributed by atoms with E-state index in [0.717, 1.165) is 12.1 Å². The van der Waals surface area contributed by atoms with Gasteiger partial charge in [0.15, 0.2) is 11.6 Å². The van der Waals surface area contributed by atoms with Crippen LogP contribution in [0.25, 0.3) is 0 Å². The zero-order chi connectivity index (χ0) is 13.8. The van der Waals surface area contributed by atoms with Crippen LogP contribution < -0.4 is 4.74 Å². The molecule has 0 saturated heterocycles. The fraction of sp³-hybridized carbons (Fsp3) is 0.0769. The Morgan fingerprint density at radius 1 is 1.26 bits per heavy atom. The number of pyridine rings is 1. The number of carboxylic acids is 1. The van der Waals surface area contributed by atoms with Gasteiger partial charge < -0.3 is 9.84 Å². The highest BCUT2D eigenvalue weighted by atomic mass is 19.2. The Hall–Kier alpha value is -2.50. The van der Waals surface area contributed by atoms with E-state index in [1.165, 1.54) is 24.4 Å². The molecule has 0 saturated carbocycles. The van der Waals surface area contributed by atoms with Crippen LogP contribution in [0.4, 0.5) is 8.78 Å². The normalized spacial score (nSPS) is 10.2. The zero-order valence-corrected chi connectivity index (χ0v) is 9.64. The average molecular weight is 265 g/mol. The number of halogens is 2. The fourth-order valence-corrected chi connectivity index (χ4v) is 1.47. The Balaban J connectivity index is 2.14. The van der Waals surface area contributed by atoms with Crippen molar-refractivity contribution in [3.63, 3.8) is 0 Å². The summed E-state index contributed by atoms with van der Waals surface area (Å²) in [7, 11) is 0. The van der Waals surface area contributed by atoms with E-state index in [2.05, 4.69) is 4.98 Å². The van der Waals surface area contributed by atoms with Crippen LogP contribution in [0.1, 0.15) is 16.1 Å². The Morgan fingerprint density at radius 2 is 2.05 bits per heavy atom. The van der Waals surface area contributed by atoms with Gasteiger partial charge in [-0.25, -0.2) is 13.6 Å². The highest BCUT2D eigenvalue weighted by Crippen LogP contribution is 2.17. The minimum Gasteiger partial charge on any atom is -0.487 e. The molecule has 1 aromatic heterocycles. The highest BCUT2D eigenvalue weighted by molar-refractivity contribution is 5.88. The van der Waals surface area contributed by atoms with Gasteiger partial charge in [-0.2, -0.15) is 0 Å². The molecule has 1 N–H and O–H groups in total. The van der Waals surface area contributed by atoms with E-state index in [4.69, 9.17) is 9.84 Å². The molecule has 0 spiro atoms. The van der Waals surface area contributed by atoms with Crippen molar-refractivity contribution < 1.29 is 23.4 Å². The molecule has 4 nitrogen and oxygen atoms in total. The van der Waals surface area contributed by atoms with Gasteiger partial charge in [0.1, 0.15) is 12.4 Å². The molecule has 0 unspecified atom stereocenters. The third kappa shape index (κ3) is 3.04. The summed E-state index contributed by atoms with van der Waals surface area (Å²) in [6.45, 7) is -0.145. The first-order valence-electron chi connectivity index (χ1n) is 5.33. The van der Waals surface area contributed by atoms with Crippen LogP contribution in [-0.4, -0.2) is 16.1 Å². The summed E-state index contributed by atoms with van der Waals surface area (Å²) in [5, 5.41) is 8.94. The zero-order valence-electron chi connectivity index (χ0n) is 9.64. The molecule has 98 valence electrons. The number of aromatic carboxylic acids is 1. The lowest BCUT2D eigenvalue weighted by molar-refractivity contribution is 0.0693. The minimum absolute atomic E-state index is 0.00471. The molecule has 1 aromatic carbocycles. The third-order valence-corrected chi connectivity index (χ3v) is 2.39. The van der Waals surface area contributed by atoms with Crippen LogP contribution in [-0.2, 0) is 6.61 Å². The number of ether oxygens (including phenoxy) is 1. The summed E-state index contributed by atoms with van der Waals surface area (Å²) in [5.41, 5.74) is 0.213. The van der Waals surface area contributed by atoms with Gasteiger partial charge in [-0.15, -0.1) is 0 Å². The third-order valence-electron chi connectivity index (χ3n) is 2.39. The van der Waals surface area contributed by atoms with Gasteiger partial charge in [-0.05, 0) is 24.3 Å². The lowest BCUT2D eigenvalue weighted by atomic mass is 10.2. The van der Waals surface area contributed by atoms with E-state index >= 15 is 0 Å². The second-order valence-electron chi connectivity index (χ2n) is 3.67. The number of benzene rings is 1. The molecule has 0 amide bonds. The highest BCUT2D eigenvalue weighted by Gasteiger charge is 2.11. The molecule has 1 heterocycles. The SMILES string of the molecule is O=C(O)c1cccnc1COc1ccc(F)c(F)c1. The number of hydrogen-bond acceptors (Lipinski definition) is 3. The van der Waals surface area contributed by atoms with Gasteiger partial charge in [0, 0.05) is 12.3 Å². The second kappa shape index (κ2) is 5.43. The molecule has 0 aliphatic heterocycles.